The molecule has 0 radical (unpaired) electrons. The fraction of sp³-hybridized carbons (Fsp3) is 0.545. The van der Waals surface area contributed by atoms with Crippen molar-refractivity contribution in [2.45, 2.75) is 13.0 Å². The number of aromatic nitrogens is 1. The monoisotopic (exact) mass is 207 g/mol. The summed E-state index contributed by atoms with van der Waals surface area (Å²) in [6.07, 6.45) is 1.77. The number of nitrogens with one attached hydrogen (secondary N) is 1. The van der Waals surface area contributed by atoms with E-state index in [0.29, 0.717) is 6.04 Å². The first-order valence-corrected chi connectivity index (χ1v) is 5.28. The Labute approximate surface area is 90.3 Å². The van der Waals surface area contributed by atoms with Gasteiger partial charge in [-0.3, -0.25) is 0 Å². The number of pyridine rings is 1. The summed E-state index contributed by atoms with van der Waals surface area (Å²) in [7, 11) is 1.66. The van der Waals surface area contributed by atoms with Crippen molar-refractivity contribution in [3.8, 4) is 5.75 Å². The highest BCUT2D eigenvalue weighted by molar-refractivity contribution is 5.41. The van der Waals surface area contributed by atoms with Gasteiger partial charge in [0.05, 0.1) is 13.3 Å². The minimum atomic E-state index is 0.530. The third kappa shape index (κ3) is 2.39. The lowest BCUT2D eigenvalue weighted by Crippen LogP contribution is -2.49. The fourth-order valence-corrected chi connectivity index (χ4v) is 1.82. The number of rotatable bonds is 2. The molecule has 1 aliphatic rings. The largest absolute Gasteiger partial charge is 0.495 e. The molecule has 0 bridgehead atoms. The van der Waals surface area contributed by atoms with Crippen LogP contribution in [0.5, 0.6) is 5.75 Å². The first-order valence-electron chi connectivity index (χ1n) is 5.28. The second kappa shape index (κ2) is 4.49. The van der Waals surface area contributed by atoms with Crippen LogP contribution in [0, 0.1) is 0 Å². The second-order valence-corrected chi connectivity index (χ2v) is 3.86. The molecule has 0 aliphatic carbocycles. The number of hydrogen-bond acceptors (Lipinski definition) is 4. The number of hydrogen-bond donors (Lipinski definition) is 1. The molecule has 1 aliphatic heterocycles. The van der Waals surface area contributed by atoms with Crippen LogP contribution in [0.25, 0.3) is 0 Å². The van der Waals surface area contributed by atoms with Crippen LogP contribution in [0.3, 0.4) is 0 Å². The summed E-state index contributed by atoms with van der Waals surface area (Å²) in [5, 5.41) is 3.41. The number of methoxy groups -OCH3 is 1. The van der Waals surface area contributed by atoms with Gasteiger partial charge in [0, 0.05) is 25.7 Å². The number of ether oxygens (including phenoxy) is 1. The van der Waals surface area contributed by atoms with Gasteiger partial charge >= 0.3 is 0 Å². The zero-order valence-electron chi connectivity index (χ0n) is 9.23. The van der Waals surface area contributed by atoms with E-state index in [9.17, 15) is 0 Å². The van der Waals surface area contributed by atoms with Crippen molar-refractivity contribution < 1.29 is 4.74 Å². The molecule has 4 nitrogen and oxygen atoms in total. The summed E-state index contributed by atoms with van der Waals surface area (Å²) in [6, 6.07) is 4.49. The second-order valence-electron chi connectivity index (χ2n) is 3.86. The van der Waals surface area contributed by atoms with Gasteiger partial charge in [0.1, 0.15) is 11.6 Å². The summed E-state index contributed by atoms with van der Waals surface area (Å²) >= 11 is 0. The molecule has 2 rings (SSSR count). The normalized spacial score (nSPS) is 21.5. The maximum absolute atomic E-state index is 5.08. The molecule has 1 aromatic heterocycles. The minimum Gasteiger partial charge on any atom is -0.495 e. The maximum Gasteiger partial charge on any atom is 0.137 e. The number of nitrogens with zero attached hydrogens (tertiary/aromatic N) is 2. The third-order valence-electron chi connectivity index (χ3n) is 2.65. The summed E-state index contributed by atoms with van der Waals surface area (Å²) in [4.78, 5) is 6.67. The van der Waals surface area contributed by atoms with Crippen molar-refractivity contribution in [3.63, 3.8) is 0 Å². The van der Waals surface area contributed by atoms with Gasteiger partial charge in [-0.25, -0.2) is 4.98 Å². The minimum absolute atomic E-state index is 0.530. The molecule has 1 atom stereocenters. The van der Waals surface area contributed by atoms with Gasteiger partial charge in [-0.05, 0) is 19.1 Å². The molecule has 1 saturated heterocycles. The molecule has 1 aromatic rings. The molecule has 2 heterocycles. The van der Waals surface area contributed by atoms with Gasteiger partial charge in [-0.1, -0.05) is 0 Å². The van der Waals surface area contributed by atoms with Crippen LogP contribution in [0.4, 0.5) is 5.82 Å². The highest BCUT2D eigenvalue weighted by Crippen LogP contribution is 2.16. The van der Waals surface area contributed by atoms with E-state index < -0.39 is 0 Å². The number of anilines is 1. The molecule has 4 heteroatoms. The lowest BCUT2D eigenvalue weighted by molar-refractivity contribution is 0.412. The third-order valence-corrected chi connectivity index (χ3v) is 2.65. The summed E-state index contributed by atoms with van der Waals surface area (Å²) in [5.41, 5.74) is 0. The van der Waals surface area contributed by atoms with Gasteiger partial charge in [-0.2, -0.15) is 0 Å². The lowest BCUT2D eigenvalue weighted by Gasteiger charge is -2.32. The Morgan fingerprint density at radius 2 is 2.40 bits per heavy atom. The maximum atomic E-state index is 5.08. The molecule has 0 aromatic carbocycles. The van der Waals surface area contributed by atoms with Crippen LogP contribution in [0.15, 0.2) is 18.3 Å². The summed E-state index contributed by atoms with van der Waals surface area (Å²) in [5.74, 6) is 1.84. The SMILES string of the molecule is COc1ccc(N2CCNC(C)C2)nc1. The molecular formula is C11H17N3O. The molecule has 1 fully saturated rings. The van der Waals surface area contributed by atoms with E-state index in [-0.39, 0.29) is 0 Å². The smallest absolute Gasteiger partial charge is 0.137 e. The average molecular weight is 207 g/mol. The Morgan fingerprint density at radius 1 is 1.53 bits per heavy atom. The first-order chi connectivity index (χ1) is 7.29. The zero-order chi connectivity index (χ0) is 10.7. The highest BCUT2D eigenvalue weighted by Gasteiger charge is 2.16. The average Bonchev–Trinajstić information content (AvgIpc) is 2.29. The number of piperazine rings is 1. The molecule has 82 valence electrons. The van der Waals surface area contributed by atoms with Crippen LogP contribution in [0.1, 0.15) is 6.92 Å². The van der Waals surface area contributed by atoms with Crippen LogP contribution in [-0.4, -0.2) is 37.8 Å². The van der Waals surface area contributed by atoms with Crippen LogP contribution in [0.2, 0.25) is 0 Å². The topological polar surface area (TPSA) is 37.4 Å². The van der Waals surface area contributed by atoms with Gasteiger partial charge in [0.15, 0.2) is 0 Å². The van der Waals surface area contributed by atoms with Crippen molar-refractivity contribution in [1.29, 1.82) is 0 Å². The van der Waals surface area contributed by atoms with Crippen molar-refractivity contribution in [2.75, 3.05) is 31.6 Å². The van der Waals surface area contributed by atoms with E-state index in [0.717, 1.165) is 31.2 Å². The van der Waals surface area contributed by atoms with Gasteiger partial charge in [-0.15, -0.1) is 0 Å². The Kier molecular flexibility index (Phi) is 3.06. The van der Waals surface area contributed by atoms with Crippen molar-refractivity contribution >= 4 is 5.82 Å². The Morgan fingerprint density at radius 3 is 3.00 bits per heavy atom. The Hall–Kier alpha value is -1.29. The van der Waals surface area contributed by atoms with E-state index in [1.54, 1.807) is 13.3 Å². The van der Waals surface area contributed by atoms with E-state index in [1.165, 1.54) is 0 Å². The Balaban J connectivity index is 2.07. The van der Waals surface area contributed by atoms with Crippen LogP contribution >= 0.6 is 0 Å². The summed E-state index contributed by atoms with van der Waals surface area (Å²) in [6.45, 7) is 5.24. The zero-order valence-corrected chi connectivity index (χ0v) is 9.23. The molecule has 0 amide bonds. The first kappa shape index (κ1) is 10.2. The van der Waals surface area contributed by atoms with Crippen LogP contribution in [-0.2, 0) is 0 Å². The highest BCUT2D eigenvalue weighted by atomic mass is 16.5. The van der Waals surface area contributed by atoms with Crippen LogP contribution < -0.4 is 15.0 Å². The predicted octanol–water partition coefficient (Wildman–Crippen LogP) is 0.888. The molecule has 0 spiro atoms. The van der Waals surface area contributed by atoms with E-state index in [2.05, 4.69) is 22.1 Å². The van der Waals surface area contributed by atoms with Gasteiger partial charge < -0.3 is 15.0 Å². The summed E-state index contributed by atoms with van der Waals surface area (Å²) < 4.78 is 5.08. The van der Waals surface area contributed by atoms with E-state index >= 15 is 0 Å². The van der Waals surface area contributed by atoms with Gasteiger partial charge in [0.2, 0.25) is 0 Å². The molecule has 0 saturated carbocycles. The Bertz CT molecular complexity index is 312. The van der Waals surface area contributed by atoms with Gasteiger partial charge in [0.25, 0.3) is 0 Å². The standard InChI is InChI=1S/C11H17N3O/c1-9-8-14(6-5-12-9)11-4-3-10(15-2)7-13-11/h3-4,7,9,12H,5-6,8H2,1-2H3. The van der Waals surface area contributed by atoms with E-state index in [1.807, 2.05) is 12.1 Å². The quantitative estimate of drug-likeness (QED) is 0.781. The predicted molar refractivity (Wildman–Crippen MR) is 60.5 cm³/mol. The van der Waals surface area contributed by atoms with Crippen molar-refractivity contribution in [3.05, 3.63) is 18.3 Å². The van der Waals surface area contributed by atoms with E-state index in [4.69, 9.17) is 4.74 Å². The van der Waals surface area contributed by atoms with Crippen molar-refractivity contribution in [2.24, 2.45) is 0 Å². The molecular weight excluding hydrogens is 190 g/mol. The molecule has 1 N–H and O–H groups in total. The van der Waals surface area contributed by atoms with Crippen molar-refractivity contribution in [1.82, 2.24) is 10.3 Å². The molecule has 1 unspecified atom stereocenters. The fourth-order valence-electron chi connectivity index (χ4n) is 1.82. The lowest BCUT2D eigenvalue weighted by atomic mass is 10.2. The molecule has 15 heavy (non-hydrogen) atoms.